The topological polar surface area (TPSA) is 80.3 Å². The second-order valence-electron chi connectivity index (χ2n) is 3.89. The number of aryl methyl sites for hydroxylation is 1. The highest BCUT2D eigenvalue weighted by atomic mass is 15.3. The molecular weight excluding hydrogens is 216 g/mol. The van der Waals surface area contributed by atoms with Gasteiger partial charge in [-0.05, 0) is 12.5 Å². The zero-order valence-corrected chi connectivity index (χ0v) is 10.6. The Morgan fingerprint density at radius 2 is 2.41 bits per heavy atom. The summed E-state index contributed by atoms with van der Waals surface area (Å²) >= 11 is 0. The van der Waals surface area contributed by atoms with Crippen LogP contribution in [-0.2, 0) is 13.5 Å². The Morgan fingerprint density at radius 3 is 3.00 bits per heavy atom. The Bertz CT molecular complexity index is 343. The molecule has 1 heterocycles. The normalized spacial score (nSPS) is 11.6. The number of guanidine groups is 1. The van der Waals surface area contributed by atoms with Gasteiger partial charge in [-0.15, -0.1) is 0 Å². The van der Waals surface area contributed by atoms with E-state index in [0.717, 1.165) is 38.0 Å². The molecule has 0 saturated heterocycles. The van der Waals surface area contributed by atoms with Gasteiger partial charge in [0.05, 0.1) is 5.69 Å². The molecule has 0 atom stereocenters. The van der Waals surface area contributed by atoms with Crippen LogP contribution in [0.15, 0.2) is 17.3 Å². The number of hydrogen-bond acceptors (Lipinski definition) is 3. The smallest absolute Gasteiger partial charge is 0.205 e. The van der Waals surface area contributed by atoms with Gasteiger partial charge >= 0.3 is 0 Å². The number of hydrogen-bond donors (Lipinski definition) is 3. The van der Waals surface area contributed by atoms with E-state index >= 15 is 0 Å². The summed E-state index contributed by atoms with van der Waals surface area (Å²) in [5.74, 6) is 6.02. The highest BCUT2D eigenvalue weighted by Gasteiger charge is 1.98. The second kappa shape index (κ2) is 7.67. The monoisotopic (exact) mass is 238 g/mol. The van der Waals surface area contributed by atoms with E-state index in [-0.39, 0.29) is 0 Å². The number of nitrogens with zero attached hydrogens (tertiary/aromatic N) is 3. The van der Waals surface area contributed by atoms with Crippen LogP contribution in [0.3, 0.4) is 0 Å². The first-order valence-electron chi connectivity index (χ1n) is 5.99. The van der Waals surface area contributed by atoms with E-state index < -0.39 is 0 Å². The van der Waals surface area contributed by atoms with Gasteiger partial charge in [-0.3, -0.25) is 15.1 Å². The Balaban J connectivity index is 2.25. The summed E-state index contributed by atoms with van der Waals surface area (Å²) in [5.41, 5.74) is 3.63. The predicted octanol–water partition coefficient (Wildman–Crippen LogP) is 0.172. The van der Waals surface area contributed by atoms with Crippen molar-refractivity contribution in [1.82, 2.24) is 20.5 Å². The molecule has 0 saturated carbocycles. The highest BCUT2D eigenvalue weighted by molar-refractivity contribution is 5.79. The highest BCUT2D eigenvalue weighted by Crippen LogP contribution is 1.94. The molecule has 0 amide bonds. The van der Waals surface area contributed by atoms with Crippen LogP contribution in [0.4, 0.5) is 0 Å². The molecule has 0 aliphatic heterocycles. The van der Waals surface area contributed by atoms with Gasteiger partial charge in [-0.2, -0.15) is 5.10 Å². The maximum Gasteiger partial charge on any atom is 0.205 e. The van der Waals surface area contributed by atoms with Crippen molar-refractivity contribution in [3.63, 3.8) is 0 Å². The molecule has 0 unspecified atom stereocenters. The standard InChI is InChI=1S/C11H22N6/c1-3-4-7-13-11(15-12)14-8-5-10-6-9-17(2)16-10/h6,9H,3-5,7-8,12H2,1-2H3,(H2,13,14,15). The molecule has 0 fully saturated rings. The summed E-state index contributed by atoms with van der Waals surface area (Å²) in [7, 11) is 1.91. The molecule has 0 spiro atoms. The molecule has 1 aromatic heterocycles. The van der Waals surface area contributed by atoms with Crippen LogP contribution in [0.1, 0.15) is 25.5 Å². The molecule has 6 nitrogen and oxygen atoms in total. The van der Waals surface area contributed by atoms with E-state index in [1.54, 1.807) is 4.68 Å². The zero-order chi connectivity index (χ0) is 12.5. The fourth-order valence-corrected chi connectivity index (χ4v) is 1.41. The minimum atomic E-state index is 0.648. The first-order chi connectivity index (χ1) is 8.26. The van der Waals surface area contributed by atoms with Gasteiger partial charge in [0.15, 0.2) is 0 Å². The first-order valence-corrected chi connectivity index (χ1v) is 5.99. The van der Waals surface area contributed by atoms with Gasteiger partial charge in [-0.25, -0.2) is 5.84 Å². The van der Waals surface area contributed by atoms with Crippen LogP contribution in [0.5, 0.6) is 0 Å². The molecule has 96 valence electrons. The average Bonchev–Trinajstić information content (AvgIpc) is 2.73. The third-order valence-electron chi connectivity index (χ3n) is 2.36. The Morgan fingerprint density at radius 1 is 1.59 bits per heavy atom. The summed E-state index contributed by atoms with van der Waals surface area (Å²) in [6.07, 6.45) is 5.00. The summed E-state index contributed by atoms with van der Waals surface area (Å²) < 4.78 is 1.80. The molecule has 17 heavy (non-hydrogen) atoms. The van der Waals surface area contributed by atoms with Crippen molar-refractivity contribution in [2.24, 2.45) is 17.9 Å². The third-order valence-corrected chi connectivity index (χ3v) is 2.36. The summed E-state index contributed by atoms with van der Waals surface area (Å²) in [4.78, 5) is 4.31. The van der Waals surface area contributed by atoms with E-state index in [1.807, 2.05) is 19.3 Å². The Kier molecular flexibility index (Phi) is 6.09. The van der Waals surface area contributed by atoms with E-state index in [0.29, 0.717) is 5.96 Å². The third kappa shape index (κ3) is 5.35. The minimum Gasteiger partial charge on any atom is -0.355 e. The number of unbranched alkanes of at least 4 members (excludes halogenated alkanes) is 1. The van der Waals surface area contributed by atoms with Crippen LogP contribution in [0.2, 0.25) is 0 Å². The molecule has 0 radical (unpaired) electrons. The summed E-state index contributed by atoms with van der Waals surface area (Å²) in [6, 6.07) is 2.01. The van der Waals surface area contributed by atoms with Gasteiger partial charge in [-0.1, -0.05) is 13.3 Å². The lowest BCUT2D eigenvalue weighted by atomic mass is 10.3. The van der Waals surface area contributed by atoms with Crippen LogP contribution < -0.4 is 16.6 Å². The molecule has 1 aromatic rings. The fourth-order valence-electron chi connectivity index (χ4n) is 1.41. The van der Waals surface area contributed by atoms with Gasteiger partial charge in [0, 0.05) is 32.8 Å². The molecule has 0 aliphatic carbocycles. The number of aromatic nitrogens is 2. The molecule has 0 aliphatic rings. The van der Waals surface area contributed by atoms with Gasteiger partial charge in [0.1, 0.15) is 0 Å². The van der Waals surface area contributed by atoms with E-state index in [9.17, 15) is 0 Å². The van der Waals surface area contributed by atoms with Crippen molar-refractivity contribution >= 4 is 5.96 Å². The lowest BCUT2D eigenvalue weighted by molar-refractivity contribution is 0.722. The summed E-state index contributed by atoms with van der Waals surface area (Å²) in [5, 5.41) is 7.44. The van der Waals surface area contributed by atoms with Crippen LogP contribution in [-0.4, -0.2) is 28.8 Å². The van der Waals surface area contributed by atoms with Crippen LogP contribution >= 0.6 is 0 Å². The number of nitrogens with two attached hydrogens (primary N) is 1. The number of aliphatic imine (C=N–C) groups is 1. The lowest BCUT2D eigenvalue weighted by Crippen LogP contribution is -2.42. The van der Waals surface area contributed by atoms with E-state index in [1.165, 1.54) is 0 Å². The maximum atomic E-state index is 5.38. The predicted molar refractivity (Wildman–Crippen MR) is 69.4 cm³/mol. The van der Waals surface area contributed by atoms with E-state index in [4.69, 9.17) is 5.84 Å². The van der Waals surface area contributed by atoms with Crippen molar-refractivity contribution in [1.29, 1.82) is 0 Å². The maximum absolute atomic E-state index is 5.38. The van der Waals surface area contributed by atoms with Gasteiger partial charge in [0.25, 0.3) is 0 Å². The Labute approximate surface area is 102 Å². The van der Waals surface area contributed by atoms with Crippen molar-refractivity contribution < 1.29 is 0 Å². The lowest BCUT2D eigenvalue weighted by Gasteiger charge is -2.07. The second-order valence-corrected chi connectivity index (χ2v) is 3.89. The van der Waals surface area contributed by atoms with Gasteiger partial charge < -0.3 is 5.32 Å². The first kappa shape index (κ1) is 13.5. The van der Waals surface area contributed by atoms with Crippen molar-refractivity contribution in [2.75, 3.05) is 13.1 Å². The molecule has 6 heteroatoms. The van der Waals surface area contributed by atoms with Crippen molar-refractivity contribution in [2.45, 2.75) is 26.2 Å². The number of nitrogens with one attached hydrogen (secondary N) is 2. The van der Waals surface area contributed by atoms with Crippen LogP contribution in [0, 0.1) is 0 Å². The molecule has 4 N–H and O–H groups in total. The SMILES string of the molecule is CCCCN=C(NN)NCCc1ccn(C)n1. The van der Waals surface area contributed by atoms with Crippen molar-refractivity contribution in [3.8, 4) is 0 Å². The van der Waals surface area contributed by atoms with Crippen molar-refractivity contribution in [3.05, 3.63) is 18.0 Å². The quantitative estimate of drug-likeness (QED) is 0.217. The molecular formula is C11H22N6. The largest absolute Gasteiger partial charge is 0.355 e. The molecule has 0 aromatic carbocycles. The summed E-state index contributed by atoms with van der Waals surface area (Å²) in [6.45, 7) is 3.71. The van der Waals surface area contributed by atoms with Gasteiger partial charge in [0.2, 0.25) is 5.96 Å². The minimum absolute atomic E-state index is 0.648. The van der Waals surface area contributed by atoms with E-state index in [2.05, 4.69) is 27.8 Å². The fraction of sp³-hybridized carbons (Fsp3) is 0.636. The van der Waals surface area contributed by atoms with Crippen LogP contribution in [0.25, 0.3) is 0 Å². The Hall–Kier alpha value is -1.56. The number of rotatable bonds is 6. The molecule has 1 rings (SSSR count). The average molecular weight is 238 g/mol. The molecule has 0 bridgehead atoms. The number of hydrazine groups is 1. The zero-order valence-electron chi connectivity index (χ0n) is 10.6.